The van der Waals surface area contributed by atoms with Gasteiger partial charge in [0.1, 0.15) is 0 Å². The Bertz CT molecular complexity index is 523. The third-order valence-corrected chi connectivity index (χ3v) is 4.25. The van der Waals surface area contributed by atoms with Crippen molar-refractivity contribution in [1.82, 2.24) is 10.6 Å². The van der Waals surface area contributed by atoms with Crippen molar-refractivity contribution in [2.75, 3.05) is 24.5 Å². The Morgan fingerprint density at radius 3 is 2.35 bits per heavy atom. The van der Waals surface area contributed by atoms with Crippen LogP contribution in [0.4, 0.5) is 5.69 Å². The Morgan fingerprint density at radius 2 is 1.78 bits per heavy atom. The van der Waals surface area contributed by atoms with Crippen molar-refractivity contribution < 1.29 is 0 Å². The molecule has 0 amide bonds. The normalized spacial score (nSPS) is 16.0. The summed E-state index contributed by atoms with van der Waals surface area (Å²) in [5.74, 6) is 1.47. The number of hydrogen-bond acceptors (Lipinski definition) is 2. The second-order valence-electron chi connectivity index (χ2n) is 6.42. The molecule has 4 nitrogen and oxygen atoms in total. The number of hydrogen-bond donors (Lipinski definition) is 2. The van der Waals surface area contributed by atoms with Crippen molar-refractivity contribution in [3.8, 4) is 0 Å². The number of nitrogens with zero attached hydrogens (tertiary/aromatic N) is 2. The molecule has 0 saturated heterocycles. The lowest BCUT2D eigenvalue weighted by atomic mass is 10.1. The summed E-state index contributed by atoms with van der Waals surface area (Å²) in [5, 5.41) is 6.78. The molecule has 0 saturated carbocycles. The fourth-order valence-corrected chi connectivity index (χ4v) is 2.37. The number of anilines is 1. The predicted octanol–water partition coefficient (Wildman–Crippen LogP) is 3.16. The minimum atomic E-state index is 0.401. The summed E-state index contributed by atoms with van der Waals surface area (Å²) in [4.78, 5) is 7.05. The number of rotatable bonds is 6. The fourth-order valence-electron chi connectivity index (χ4n) is 2.37. The average molecular weight is 314 g/mol. The minimum absolute atomic E-state index is 0.401. The number of benzene rings is 1. The van der Waals surface area contributed by atoms with Crippen molar-refractivity contribution in [2.24, 2.45) is 10.9 Å². The zero-order valence-corrected chi connectivity index (χ0v) is 14.8. The van der Waals surface area contributed by atoms with Crippen molar-refractivity contribution in [3.05, 3.63) is 42.0 Å². The first-order valence-corrected chi connectivity index (χ1v) is 8.64. The summed E-state index contributed by atoms with van der Waals surface area (Å²) >= 11 is 0. The Labute approximate surface area is 140 Å². The van der Waals surface area contributed by atoms with E-state index in [1.54, 1.807) is 0 Å². The Morgan fingerprint density at radius 1 is 1.13 bits per heavy atom. The molecule has 2 rings (SSSR count). The molecule has 1 aliphatic heterocycles. The average Bonchev–Trinajstić information content (AvgIpc) is 3.07. The van der Waals surface area contributed by atoms with Gasteiger partial charge in [-0.15, -0.1) is 0 Å². The van der Waals surface area contributed by atoms with E-state index in [0.29, 0.717) is 18.5 Å². The van der Waals surface area contributed by atoms with Gasteiger partial charge in [0.25, 0.3) is 0 Å². The summed E-state index contributed by atoms with van der Waals surface area (Å²) in [7, 11) is 0. The summed E-state index contributed by atoms with van der Waals surface area (Å²) in [6.07, 6.45) is 4.42. The number of aliphatic imine (C=N–C) groups is 1. The molecule has 0 aliphatic carbocycles. The van der Waals surface area contributed by atoms with Gasteiger partial charge in [-0.3, -0.25) is 0 Å². The lowest BCUT2D eigenvalue weighted by Crippen LogP contribution is -2.44. The van der Waals surface area contributed by atoms with E-state index in [1.165, 1.54) is 11.3 Å². The van der Waals surface area contributed by atoms with Crippen molar-refractivity contribution >= 4 is 11.6 Å². The molecule has 0 spiro atoms. The highest BCUT2D eigenvalue weighted by molar-refractivity contribution is 5.80. The van der Waals surface area contributed by atoms with Gasteiger partial charge in [0, 0.05) is 31.4 Å². The van der Waals surface area contributed by atoms with Gasteiger partial charge in [-0.1, -0.05) is 38.1 Å². The van der Waals surface area contributed by atoms with Crippen LogP contribution in [0.25, 0.3) is 0 Å². The SMILES string of the molecule is CCNC(=NCc1ccc(N2CC=CC2)cc1)NC(C)C(C)C. The van der Waals surface area contributed by atoms with Crippen LogP contribution in [0.1, 0.15) is 33.3 Å². The van der Waals surface area contributed by atoms with Crippen LogP contribution in [0.3, 0.4) is 0 Å². The second kappa shape index (κ2) is 8.61. The van der Waals surface area contributed by atoms with Crippen LogP contribution >= 0.6 is 0 Å². The molecule has 1 aliphatic rings. The third kappa shape index (κ3) is 5.31. The van der Waals surface area contributed by atoms with Gasteiger partial charge in [-0.25, -0.2) is 4.99 Å². The van der Waals surface area contributed by atoms with Gasteiger partial charge in [0.05, 0.1) is 6.54 Å². The molecule has 0 fully saturated rings. The maximum atomic E-state index is 4.70. The lowest BCUT2D eigenvalue weighted by Gasteiger charge is -2.21. The van der Waals surface area contributed by atoms with Crippen molar-refractivity contribution in [3.63, 3.8) is 0 Å². The van der Waals surface area contributed by atoms with Crippen LogP contribution in [-0.4, -0.2) is 31.6 Å². The fraction of sp³-hybridized carbons (Fsp3) is 0.526. The smallest absolute Gasteiger partial charge is 0.191 e. The van der Waals surface area contributed by atoms with E-state index in [1.807, 2.05) is 0 Å². The lowest BCUT2D eigenvalue weighted by molar-refractivity contribution is 0.481. The Balaban J connectivity index is 1.95. The molecule has 126 valence electrons. The molecular weight excluding hydrogens is 284 g/mol. The molecule has 2 N–H and O–H groups in total. The third-order valence-electron chi connectivity index (χ3n) is 4.25. The molecule has 1 heterocycles. The molecule has 1 unspecified atom stereocenters. The number of guanidine groups is 1. The highest BCUT2D eigenvalue weighted by Crippen LogP contribution is 2.17. The predicted molar refractivity (Wildman–Crippen MR) is 100 cm³/mol. The largest absolute Gasteiger partial charge is 0.364 e. The zero-order chi connectivity index (χ0) is 16.7. The van der Waals surface area contributed by atoms with Crippen molar-refractivity contribution in [1.29, 1.82) is 0 Å². The minimum Gasteiger partial charge on any atom is -0.364 e. The van der Waals surface area contributed by atoms with Crippen LogP contribution in [0.2, 0.25) is 0 Å². The molecule has 0 bridgehead atoms. The second-order valence-corrected chi connectivity index (χ2v) is 6.42. The van der Waals surface area contributed by atoms with Gasteiger partial charge in [-0.05, 0) is 37.5 Å². The molecular formula is C19H30N4. The van der Waals surface area contributed by atoms with Gasteiger partial charge in [0.2, 0.25) is 0 Å². The van der Waals surface area contributed by atoms with E-state index in [4.69, 9.17) is 4.99 Å². The van der Waals surface area contributed by atoms with Gasteiger partial charge >= 0.3 is 0 Å². The van der Waals surface area contributed by atoms with E-state index in [-0.39, 0.29) is 0 Å². The maximum absolute atomic E-state index is 4.70. The van der Waals surface area contributed by atoms with Crippen LogP contribution in [0, 0.1) is 5.92 Å². The molecule has 1 atom stereocenters. The summed E-state index contributed by atoms with van der Waals surface area (Å²) in [6.45, 7) is 12.3. The zero-order valence-electron chi connectivity index (χ0n) is 14.8. The topological polar surface area (TPSA) is 39.7 Å². The number of nitrogens with one attached hydrogen (secondary N) is 2. The molecule has 0 aromatic heterocycles. The Kier molecular flexibility index (Phi) is 6.51. The first-order chi connectivity index (χ1) is 11.1. The quantitative estimate of drug-likeness (QED) is 0.481. The summed E-state index contributed by atoms with van der Waals surface area (Å²) in [6, 6.07) is 9.13. The van der Waals surface area contributed by atoms with Crippen LogP contribution in [0.5, 0.6) is 0 Å². The van der Waals surface area contributed by atoms with Gasteiger partial charge < -0.3 is 15.5 Å². The molecule has 1 aromatic rings. The van der Waals surface area contributed by atoms with Crippen molar-refractivity contribution in [2.45, 2.75) is 40.3 Å². The Hall–Kier alpha value is -1.97. The van der Waals surface area contributed by atoms with E-state index >= 15 is 0 Å². The van der Waals surface area contributed by atoms with Crippen LogP contribution < -0.4 is 15.5 Å². The maximum Gasteiger partial charge on any atom is 0.191 e. The molecule has 0 radical (unpaired) electrons. The summed E-state index contributed by atoms with van der Waals surface area (Å²) in [5.41, 5.74) is 2.51. The van der Waals surface area contributed by atoms with Gasteiger partial charge in [-0.2, -0.15) is 0 Å². The summed E-state index contributed by atoms with van der Waals surface area (Å²) < 4.78 is 0. The van der Waals surface area contributed by atoms with Crippen LogP contribution in [-0.2, 0) is 6.54 Å². The molecule has 1 aromatic carbocycles. The molecule has 23 heavy (non-hydrogen) atoms. The van der Waals surface area contributed by atoms with Gasteiger partial charge in [0.15, 0.2) is 5.96 Å². The highest BCUT2D eigenvalue weighted by atomic mass is 15.2. The van der Waals surface area contributed by atoms with Crippen LogP contribution in [0.15, 0.2) is 41.4 Å². The van der Waals surface area contributed by atoms with E-state index in [9.17, 15) is 0 Å². The highest BCUT2D eigenvalue weighted by Gasteiger charge is 2.09. The molecule has 4 heteroatoms. The first kappa shape index (κ1) is 17.4. The van der Waals surface area contributed by atoms with E-state index in [2.05, 4.69) is 79.6 Å². The van der Waals surface area contributed by atoms with E-state index in [0.717, 1.165) is 25.6 Å². The monoisotopic (exact) mass is 314 g/mol. The first-order valence-electron chi connectivity index (χ1n) is 8.64. The standard InChI is InChI=1S/C19H30N4/c1-5-20-19(22-16(4)15(2)3)21-14-17-8-10-18(11-9-17)23-12-6-7-13-23/h6-11,15-16H,5,12-14H2,1-4H3,(H2,20,21,22). The van der Waals surface area contributed by atoms with E-state index < -0.39 is 0 Å².